The number of halogens is 1. The fourth-order valence-corrected chi connectivity index (χ4v) is 3.52. The Labute approximate surface area is 180 Å². The number of benzene rings is 3. The molecule has 1 amide bonds. The molecule has 1 N–H and O–H groups in total. The number of anilines is 1. The number of amides is 1. The zero-order valence-electron chi connectivity index (χ0n) is 16.3. The van der Waals surface area contributed by atoms with Crippen LogP contribution in [0.2, 0.25) is 5.02 Å². The lowest BCUT2D eigenvalue weighted by Gasteiger charge is -2.11. The number of hydrogen-bond acceptors (Lipinski definition) is 4. The van der Waals surface area contributed by atoms with E-state index in [2.05, 4.69) is 10.5 Å². The summed E-state index contributed by atoms with van der Waals surface area (Å²) < 4.78 is 0. The molecule has 0 unspecified atom stereocenters. The largest absolute Gasteiger partial charge is 0.378 e. The molecule has 0 aliphatic heterocycles. The Bertz CT molecular complexity index is 969. The van der Waals surface area contributed by atoms with Crippen LogP contribution in [0.1, 0.15) is 21.5 Å². The molecule has 3 aromatic rings. The zero-order valence-corrected chi connectivity index (χ0v) is 17.9. The van der Waals surface area contributed by atoms with Gasteiger partial charge in [0.15, 0.2) is 0 Å². The Morgan fingerprint density at radius 2 is 1.66 bits per heavy atom. The second kappa shape index (κ2) is 10.1. The lowest BCUT2D eigenvalue weighted by Crippen LogP contribution is -2.17. The van der Waals surface area contributed by atoms with E-state index in [4.69, 9.17) is 11.6 Å². The van der Waals surface area contributed by atoms with Crippen molar-refractivity contribution in [1.82, 2.24) is 5.43 Å². The molecule has 3 aromatic carbocycles. The van der Waals surface area contributed by atoms with E-state index in [9.17, 15) is 4.79 Å². The molecular formula is C23H22ClN3OS. The molecule has 0 atom stereocenters. The number of nitrogens with zero attached hydrogens (tertiary/aromatic N) is 2. The average molecular weight is 424 g/mol. The van der Waals surface area contributed by atoms with Crippen molar-refractivity contribution in [3.8, 4) is 0 Å². The Balaban J connectivity index is 1.51. The van der Waals surface area contributed by atoms with Crippen LogP contribution in [0.3, 0.4) is 0 Å². The third kappa shape index (κ3) is 6.38. The summed E-state index contributed by atoms with van der Waals surface area (Å²) in [4.78, 5) is 15.4. The Morgan fingerprint density at radius 3 is 2.28 bits per heavy atom. The van der Waals surface area contributed by atoms with Gasteiger partial charge >= 0.3 is 0 Å². The second-order valence-electron chi connectivity index (χ2n) is 6.62. The minimum Gasteiger partial charge on any atom is -0.378 e. The van der Waals surface area contributed by atoms with Crippen molar-refractivity contribution in [3.05, 3.63) is 94.5 Å². The molecule has 0 aromatic heterocycles. The number of rotatable bonds is 7. The van der Waals surface area contributed by atoms with Crippen LogP contribution in [0, 0.1) is 0 Å². The summed E-state index contributed by atoms with van der Waals surface area (Å²) in [7, 11) is 3.98. The first-order chi connectivity index (χ1) is 14.0. The first kappa shape index (κ1) is 21.0. The van der Waals surface area contributed by atoms with Gasteiger partial charge in [0.1, 0.15) is 0 Å². The van der Waals surface area contributed by atoms with Gasteiger partial charge in [-0.3, -0.25) is 4.79 Å². The average Bonchev–Trinajstić information content (AvgIpc) is 2.74. The maximum atomic E-state index is 12.3. The van der Waals surface area contributed by atoms with Crippen molar-refractivity contribution in [2.24, 2.45) is 5.10 Å². The van der Waals surface area contributed by atoms with Crippen LogP contribution in [0.15, 0.2) is 82.8 Å². The third-order valence-electron chi connectivity index (χ3n) is 4.22. The van der Waals surface area contributed by atoms with E-state index < -0.39 is 0 Å². The molecule has 0 saturated carbocycles. The summed E-state index contributed by atoms with van der Waals surface area (Å²) in [5, 5.41) is 4.78. The number of nitrogens with one attached hydrogen (secondary N) is 1. The highest BCUT2D eigenvalue weighted by atomic mass is 35.5. The summed E-state index contributed by atoms with van der Waals surface area (Å²) in [5.74, 6) is 0.591. The first-order valence-electron chi connectivity index (χ1n) is 9.09. The predicted molar refractivity (Wildman–Crippen MR) is 123 cm³/mol. The molecule has 0 radical (unpaired) electrons. The normalized spacial score (nSPS) is 10.9. The lowest BCUT2D eigenvalue weighted by molar-refractivity contribution is 0.0955. The van der Waals surface area contributed by atoms with Gasteiger partial charge in [0.2, 0.25) is 0 Å². The van der Waals surface area contributed by atoms with Crippen LogP contribution in [-0.4, -0.2) is 26.2 Å². The Morgan fingerprint density at radius 1 is 1.00 bits per heavy atom. The van der Waals surface area contributed by atoms with E-state index in [1.807, 2.05) is 91.8 Å². The van der Waals surface area contributed by atoms with Crippen molar-refractivity contribution >= 4 is 41.2 Å². The lowest BCUT2D eigenvalue weighted by atomic mass is 10.1. The summed E-state index contributed by atoms with van der Waals surface area (Å²) in [6.45, 7) is 0. The molecule has 0 bridgehead atoms. The SMILES string of the molecule is CN(C)c1ccc(C=NNC(=O)c2ccc(CSc3ccc(Cl)cc3)cc2)cc1. The van der Waals surface area contributed by atoms with Gasteiger partial charge in [-0.25, -0.2) is 5.43 Å². The molecule has 0 heterocycles. The monoisotopic (exact) mass is 423 g/mol. The van der Waals surface area contributed by atoms with Crippen molar-refractivity contribution in [2.45, 2.75) is 10.6 Å². The van der Waals surface area contributed by atoms with Gasteiger partial charge in [-0.05, 0) is 59.7 Å². The number of hydrogen-bond donors (Lipinski definition) is 1. The van der Waals surface area contributed by atoms with Crippen LogP contribution in [0.4, 0.5) is 5.69 Å². The number of thioether (sulfide) groups is 1. The number of hydrazone groups is 1. The highest BCUT2D eigenvalue weighted by Gasteiger charge is 2.04. The molecule has 0 aliphatic carbocycles. The number of carbonyl (C=O) groups is 1. The summed E-state index contributed by atoms with van der Waals surface area (Å²) >= 11 is 7.63. The molecule has 29 heavy (non-hydrogen) atoms. The predicted octanol–water partition coefficient (Wildman–Crippen LogP) is 5.46. The van der Waals surface area contributed by atoms with E-state index >= 15 is 0 Å². The van der Waals surface area contributed by atoms with Gasteiger partial charge in [-0.15, -0.1) is 11.8 Å². The van der Waals surface area contributed by atoms with Crippen molar-refractivity contribution < 1.29 is 4.79 Å². The van der Waals surface area contributed by atoms with Crippen LogP contribution in [0.5, 0.6) is 0 Å². The highest BCUT2D eigenvalue weighted by molar-refractivity contribution is 7.98. The van der Waals surface area contributed by atoms with Crippen molar-refractivity contribution in [3.63, 3.8) is 0 Å². The zero-order chi connectivity index (χ0) is 20.6. The van der Waals surface area contributed by atoms with Crippen molar-refractivity contribution in [1.29, 1.82) is 0 Å². The summed E-state index contributed by atoms with van der Waals surface area (Å²) in [6.07, 6.45) is 1.63. The van der Waals surface area contributed by atoms with Gasteiger partial charge in [-0.1, -0.05) is 35.9 Å². The molecule has 0 aliphatic rings. The van der Waals surface area contributed by atoms with E-state index in [0.29, 0.717) is 5.56 Å². The van der Waals surface area contributed by atoms with E-state index in [1.54, 1.807) is 18.0 Å². The molecule has 0 fully saturated rings. The van der Waals surface area contributed by atoms with Crippen LogP contribution < -0.4 is 10.3 Å². The van der Waals surface area contributed by atoms with E-state index in [-0.39, 0.29) is 5.91 Å². The quantitative estimate of drug-likeness (QED) is 0.311. The molecule has 4 nitrogen and oxygen atoms in total. The molecule has 148 valence electrons. The van der Waals surface area contributed by atoms with Gasteiger partial charge in [-0.2, -0.15) is 5.10 Å². The Kier molecular flexibility index (Phi) is 7.33. The van der Waals surface area contributed by atoms with Gasteiger partial charge < -0.3 is 4.90 Å². The van der Waals surface area contributed by atoms with E-state index in [0.717, 1.165) is 32.5 Å². The first-order valence-corrected chi connectivity index (χ1v) is 10.5. The van der Waals surface area contributed by atoms with Crippen LogP contribution in [0.25, 0.3) is 0 Å². The highest BCUT2D eigenvalue weighted by Crippen LogP contribution is 2.24. The van der Waals surface area contributed by atoms with Crippen LogP contribution in [-0.2, 0) is 5.75 Å². The fraction of sp³-hybridized carbons (Fsp3) is 0.130. The van der Waals surface area contributed by atoms with Gasteiger partial charge in [0.25, 0.3) is 5.91 Å². The molecule has 0 spiro atoms. The smallest absolute Gasteiger partial charge is 0.271 e. The van der Waals surface area contributed by atoms with Crippen molar-refractivity contribution in [2.75, 3.05) is 19.0 Å². The minimum atomic E-state index is -0.233. The number of carbonyl (C=O) groups excluding carboxylic acids is 1. The van der Waals surface area contributed by atoms with Gasteiger partial charge in [0, 0.05) is 41.0 Å². The van der Waals surface area contributed by atoms with Gasteiger partial charge in [0.05, 0.1) is 6.21 Å². The summed E-state index contributed by atoms with van der Waals surface area (Å²) in [6, 6.07) is 23.2. The standard InChI is InChI=1S/C23H22ClN3OS/c1-27(2)21-11-5-17(6-12-21)15-25-26-23(28)19-7-3-18(4-8-19)16-29-22-13-9-20(24)10-14-22/h3-15H,16H2,1-2H3,(H,26,28). The van der Waals surface area contributed by atoms with Crippen LogP contribution >= 0.6 is 23.4 Å². The fourth-order valence-electron chi connectivity index (χ4n) is 2.54. The summed E-state index contributed by atoms with van der Waals surface area (Å²) in [5.41, 5.74) is 6.32. The molecular weight excluding hydrogens is 402 g/mol. The maximum Gasteiger partial charge on any atom is 0.271 e. The molecule has 6 heteroatoms. The van der Waals surface area contributed by atoms with E-state index in [1.165, 1.54) is 0 Å². The third-order valence-corrected chi connectivity index (χ3v) is 5.56. The second-order valence-corrected chi connectivity index (χ2v) is 8.11. The topological polar surface area (TPSA) is 44.7 Å². The molecule has 3 rings (SSSR count). The maximum absolute atomic E-state index is 12.3. The Hall–Kier alpha value is -2.76. The molecule has 0 saturated heterocycles. The minimum absolute atomic E-state index is 0.233.